The molecule has 0 N–H and O–H groups in total. The van der Waals surface area contributed by atoms with E-state index >= 15 is 0 Å². The lowest BCUT2D eigenvalue weighted by molar-refractivity contribution is -0.147. The molecule has 228 valence electrons. The first-order chi connectivity index (χ1) is 20.9. The Bertz CT molecular complexity index is 1430. The summed E-state index contributed by atoms with van der Waals surface area (Å²) in [7, 11) is 3.18. The molecule has 6 nitrogen and oxygen atoms in total. The average molecular weight is 601 g/mol. The van der Waals surface area contributed by atoms with Crippen molar-refractivity contribution in [3.63, 3.8) is 0 Å². The molecule has 0 spiro atoms. The fraction of sp³-hybridized carbons (Fsp3) is 0.528. The van der Waals surface area contributed by atoms with Gasteiger partial charge in [0.25, 0.3) is 0 Å². The minimum Gasteiger partial charge on any atom is -0.496 e. The number of aromatic nitrogens is 1. The summed E-state index contributed by atoms with van der Waals surface area (Å²) < 4.78 is 10.5. The number of rotatable bonds is 9. The van der Waals surface area contributed by atoms with E-state index in [0.29, 0.717) is 30.6 Å². The van der Waals surface area contributed by atoms with Crippen molar-refractivity contribution < 1.29 is 19.1 Å². The molecule has 3 fully saturated rings. The van der Waals surface area contributed by atoms with Gasteiger partial charge in [-0.15, -0.1) is 11.3 Å². The molecule has 0 saturated heterocycles. The van der Waals surface area contributed by atoms with Gasteiger partial charge in [0, 0.05) is 30.3 Å². The number of carbonyl (C=O) groups is 2. The molecule has 0 radical (unpaired) electrons. The maximum atomic E-state index is 14.2. The van der Waals surface area contributed by atoms with Gasteiger partial charge in [-0.3, -0.25) is 9.59 Å². The molecule has 3 aliphatic carbocycles. The largest absolute Gasteiger partial charge is 0.496 e. The van der Waals surface area contributed by atoms with Crippen molar-refractivity contribution in [3.05, 3.63) is 64.8 Å². The molecule has 0 atom stereocenters. The van der Waals surface area contributed by atoms with Crippen molar-refractivity contribution in [1.82, 2.24) is 4.98 Å². The van der Waals surface area contributed by atoms with Crippen molar-refractivity contribution in [1.29, 1.82) is 0 Å². The van der Waals surface area contributed by atoms with Crippen LogP contribution in [0.2, 0.25) is 0 Å². The van der Waals surface area contributed by atoms with Crippen LogP contribution in [0.1, 0.15) is 92.2 Å². The number of anilines is 1. The number of hydrogen-bond donors (Lipinski definition) is 0. The molecule has 6 rings (SSSR count). The molecule has 0 unspecified atom stereocenters. The smallest absolute Gasteiger partial charge is 0.308 e. The molecule has 43 heavy (non-hydrogen) atoms. The molecule has 1 aromatic heterocycles. The normalized spacial score (nSPS) is 23.9. The first-order valence-electron chi connectivity index (χ1n) is 16.0. The number of nitrogens with zero attached hydrogens (tertiary/aromatic N) is 2. The van der Waals surface area contributed by atoms with E-state index in [1.165, 1.54) is 41.0 Å². The number of carbonyl (C=O) groups excluding carboxylic acids is 2. The molecule has 7 heteroatoms. The summed E-state index contributed by atoms with van der Waals surface area (Å²) in [5.74, 6) is 2.50. The predicted molar refractivity (Wildman–Crippen MR) is 172 cm³/mol. The van der Waals surface area contributed by atoms with Crippen LogP contribution in [-0.2, 0) is 14.3 Å². The van der Waals surface area contributed by atoms with Gasteiger partial charge in [-0.25, -0.2) is 4.98 Å². The molecule has 1 amide bonds. The SMILES string of the molecule is COC(=O)C1CCC(C(=O)N(C[C@H]2CC[C@H](c3ccc(OC)c(C)c3)CC2)c2cccc(-c3cnc(C4CC4)s3)c2)CC1. The summed E-state index contributed by atoms with van der Waals surface area (Å²) in [6.45, 7) is 2.85. The predicted octanol–water partition coefficient (Wildman–Crippen LogP) is 8.29. The molecule has 3 aliphatic rings. The lowest BCUT2D eigenvalue weighted by Gasteiger charge is -2.36. The molecule has 0 aliphatic heterocycles. The fourth-order valence-corrected chi connectivity index (χ4v) is 8.23. The standard InChI is InChI=1S/C36H44N2O4S/c1-23-19-29(17-18-32(23)41-2)25-9-7-24(8-10-25)22-38(35(39)27-13-15-28(16-14-27)36(40)42-3)31-6-4-5-30(20-31)33-21-37-34(43-33)26-11-12-26/h4-6,17-21,24-28H,7-16,22H2,1-3H3/t24-,25-,27?,28?. The highest BCUT2D eigenvalue weighted by molar-refractivity contribution is 7.15. The van der Waals surface area contributed by atoms with E-state index < -0.39 is 0 Å². The topological polar surface area (TPSA) is 68.7 Å². The monoisotopic (exact) mass is 600 g/mol. The van der Waals surface area contributed by atoms with E-state index in [9.17, 15) is 9.59 Å². The Morgan fingerprint density at radius 2 is 1.60 bits per heavy atom. The van der Waals surface area contributed by atoms with E-state index in [2.05, 4.69) is 54.3 Å². The van der Waals surface area contributed by atoms with E-state index in [-0.39, 0.29) is 23.7 Å². The Labute approximate surface area is 259 Å². The summed E-state index contributed by atoms with van der Waals surface area (Å²) in [6.07, 6.45) is 11.9. The first kappa shape index (κ1) is 29.9. The summed E-state index contributed by atoms with van der Waals surface area (Å²) in [6, 6.07) is 15.1. The lowest BCUT2D eigenvalue weighted by atomic mass is 9.77. The zero-order valence-electron chi connectivity index (χ0n) is 25.7. The minimum atomic E-state index is -0.144. The van der Waals surface area contributed by atoms with Crippen molar-refractivity contribution in [2.24, 2.45) is 17.8 Å². The Hall–Kier alpha value is -3.19. The lowest BCUT2D eigenvalue weighted by Crippen LogP contribution is -2.42. The second kappa shape index (κ2) is 13.2. The third-order valence-electron chi connectivity index (χ3n) is 9.95. The number of hydrogen-bond acceptors (Lipinski definition) is 6. The Morgan fingerprint density at radius 1 is 0.884 bits per heavy atom. The van der Waals surface area contributed by atoms with Crippen LogP contribution in [0.15, 0.2) is 48.7 Å². The number of aryl methyl sites for hydroxylation is 1. The van der Waals surface area contributed by atoms with Crippen LogP contribution in [0.3, 0.4) is 0 Å². The zero-order chi connectivity index (χ0) is 29.9. The third-order valence-corrected chi connectivity index (χ3v) is 11.2. The molecular formula is C36H44N2O4S. The number of esters is 1. The highest BCUT2D eigenvalue weighted by atomic mass is 32.1. The van der Waals surface area contributed by atoms with Crippen molar-refractivity contribution in [2.45, 2.75) is 83.0 Å². The number of ether oxygens (including phenoxy) is 2. The summed E-state index contributed by atoms with van der Waals surface area (Å²) in [5.41, 5.74) is 4.69. The van der Waals surface area contributed by atoms with Gasteiger partial charge in [0.15, 0.2) is 0 Å². The van der Waals surface area contributed by atoms with E-state index in [1.807, 2.05) is 6.20 Å². The molecule has 0 bridgehead atoms. The van der Waals surface area contributed by atoms with Gasteiger partial charge in [0.1, 0.15) is 5.75 Å². The van der Waals surface area contributed by atoms with Crippen molar-refractivity contribution in [3.8, 4) is 16.2 Å². The Balaban J connectivity index is 1.19. The molecule has 1 heterocycles. The van der Waals surface area contributed by atoms with E-state index in [0.717, 1.165) is 62.1 Å². The van der Waals surface area contributed by atoms with Gasteiger partial charge in [0.05, 0.1) is 30.0 Å². The highest BCUT2D eigenvalue weighted by Crippen LogP contribution is 2.44. The van der Waals surface area contributed by atoms with Gasteiger partial charge in [-0.2, -0.15) is 0 Å². The van der Waals surface area contributed by atoms with Crippen LogP contribution in [0, 0.1) is 24.7 Å². The number of amides is 1. The van der Waals surface area contributed by atoms with Gasteiger partial charge in [-0.05, 0) is 118 Å². The molecule has 3 saturated carbocycles. The average Bonchev–Trinajstić information content (AvgIpc) is 3.79. The van der Waals surface area contributed by atoms with Gasteiger partial charge >= 0.3 is 5.97 Å². The van der Waals surface area contributed by atoms with Gasteiger partial charge < -0.3 is 14.4 Å². The number of thiazole rings is 1. The van der Waals surface area contributed by atoms with Crippen LogP contribution in [0.4, 0.5) is 5.69 Å². The summed E-state index contributed by atoms with van der Waals surface area (Å²) in [5, 5.41) is 1.24. The maximum absolute atomic E-state index is 14.2. The van der Waals surface area contributed by atoms with Gasteiger partial charge in [-0.1, -0.05) is 24.3 Å². The highest BCUT2D eigenvalue weighted by Gasteiger charge is 2.35. The molecule has 3 aromatic rings. The fourth-order valence-electron chi connectivity index (χ4n) is 7.15. The van der Waals surface area contributed by atoms with Crippen LogP contribution in [-0.4, -0.2) is 37.6 Å². The molecule has 2 aromatic carbocycles. The third kappa shape index (κ3) is 6.82. The van der Waals surface area contributed by atoms with Crippen molar-refractivity contribution >= 4 is 28.9 Å². The minimum absolute atomic E-state index is 0.0620. The second-order valence-corrected chi connectivity index (χ2v) is 13.9. The zero-order valence-corrected chi connectivity index (χ0v) is 26.5. The molecular weight excluding hydrogens is 556 g/mol. The second-order valence-electron chi connectivity index (χ2n) is 12.9. The number of benzene rings is 2. The van der Waals surface area contributed by atoms with Crippen molar-refractivity contribution in [2.75, 3.05) is 25.7 Å². The quantitative estimate of drug-likeness (QED) is 0.231. The summed E-state index contributed by atoms with van der Waals surface area (Å²) in [4.78, 5) is 34.3. The van der Waals surface area contributed by atoms with Crippen LogP contribution >= 0.6 is 11.3 Å². The number of methoxy groups -OCH3 is 2. The van der Waals surface area contributed by atoms with Crippen LogP contribution in [0.5, 0.6) is 5.75 Å². The van der Waals surface area contributed by atoms with Crippen LogP contribution < -0.4 is 9.64 Å². The Kier molecular flexibility index (Phi) is 9.17. The van der Waals surface area contributed by atoms with E-state index in [1.54, 1.807) is 18.4 Å². The summed E-state index contributed by atoms with van der Waals surface area (Å²) >= 11 is 1.79. The van der Waals surface area contributed by atoms with Crippen LogP contribution in [0.25, 0.3) is 10.4 Å². The van der Waals surface area contributed by atoms with Gasteiger partial charge in [0.2, 0.25) is 5.91 Å². The van der Waals surface area contributed by atoms with E-state index in [4.69, 9.17) is 14.5 Å². The first-order valence-corrected chi connectivity index (χ1v) is 16.8. The Morgan fingerprint density at radius 3 is 2.28 bits per heavy atom. The maximum Gasteiger partial charge on any atom is 0.308 e.